The zero-order valence-corrected chi connectivity index (χ0v) is 46.5. The Morgan fingerprint density at radius 2 is 1.19 bits per heavy atom. The van der Waals surface area contributed by atoms with Gasteiger partial charge in [0.15, 0.2) is 0 Å². The van der Waals surface area contributed by atoms with E-state index in [0.29, 0.717) is 41.4 Å². The smallest absolute Gasteiger partial charge is 0.00613 e. The van der Waals surface area contributed by atoms with Gasteiger partial charge in [0.05, 0.1) is 0 Å². The number of benzene rings is 3. The Morgan fingerprint density at radius 1 is 0.423 bits per heavy atom. The summed E-state index contributed by atoms with van der Waals surface area (Å²) in [7, 11) is 0. The van der Waals surface area contributed by atoms with Crippen molar-refractivity contribution in [2.24, 2.45) is 124 Å². The fourth-order valence-electron chi connectivity index (χ4n) is 24.3. The second-order valence-electron chi connectivity index (χ2n) is 28.5. The summed E-state index contributed by atoms with van der Waals surface area (Å²) in [6.07, 6.45) is 61.8. The molecule has 14 aliphatic carbocycles. The van der Waals surface area contributed by atoms with E-state index < -0.39 is 0 Å². The van der Waals surface area contributed by atoms with E-state index in [1.165, 1.54) is 108 Å². The highest BCUT2D eigenvalue weighted by Gasteiger charge is 2.71. The van der Waals surface area contributed by atoms with Crippen molar-refractivity contribution < 1.29 is 0 Å². The van der Waals surface area contributed by atoms with Gasteiger partial charge in [-0.2, -0.15) is 0 Å². The lowest BCUT2D eigenvalue weighted by atomic mass is 9.43. The van der Waals surface area contributed by atoms with Crippen LogP contribution in [0.1, 0.15) is 132 Å². The minimum Gasteiger partial charge on any atom is -0.0882 e. The molecule has 0 heteroatoms. The predicted octanol–water partition coefficient (Wildman–Crippen LogP) is 19.4. The molecule has 3 aromatic carbocycles. The first-order valence-corrected chi connectivity index (χ1v) is 32.8. The highest BCUT2D eigenvalue weighted by atomic mass is 14.7. The summed E-state index contributed by atoms with van der Waals surface area (Å²) >= 11 is 0. The van der Waals surface area contributed by atoms with Crippen LogP contribution in [0.5, 0.6) is 0 Å². The molecule has 23 atom stereocenters. The average Bonchev–Trinajstić information content (AvgIpc) is 4.15. The Hall–Kier alpha value is -4.94. The van der Waals surface area contributed by atoms with Gasteiger partial charge in [0.25, 0.3) is 0 Å². The topological polar surface area (TPSA) is 0 Å². The van der Waals surface area contributed by atoms with Crippen molar-refractivity contribution >= 4 is 0 Å². The summed E-state index contributed by atoms with van der Waals surface area (Å²) < 4.78 is 0. The Kier molecular flexibility index (Phi) is 11.9. The molecule has 23 unspecified atom stereocenters. The van der Waals surface area contributed by atoms with E-state index in [0.717, 1.165) is 101 Å². The van der Waals surface area contributed by atoms with Crippen molar-refractivity contribution in [2.45, 2.75) is 121 Å². The van der Waals surface area contributed by atoms with Crippen molar-refractivity contribution in [1.29, 1.82) is 0 Å². The van der Waals surface area contributed by atoms with Gasteiger partial charge in [0.1, 0.15) is 0 Å². The molecule has 398 valence electrons. The Bertz CT molecular complexity index is 3120. The lowest BCUT2D eigenvalue weighted by Crippen LogP contribution is -2.54. The van der Waals surface area contributed by atoms with Crippen molar-refractivity contribution in [3.05, 3.63) is 215 Å². The Labute approximate surface area is 468 Å². The van der Waals surface area contributed by atoms with E-state index in [1.807, 2.05) is 5.57 Å². The molecule has 17 rings (SSSR count). The third-order valence-electron chi connectivity index (χ3n) is 26.1. The molecule has 0 spiro atoms. The summed E-state index contributed by atoms with van der Waals surface area (Å²) in [6, 6.07) is 34.6. The van der Waals surface area contributed by atoms with Gasteiger partial charge in [0, 0.05) is 5.92 Å². The molecule has 78 heavy (non-hydrogen) atoms. The molecular weight excluding hydrogens is 937 g/mol. The van der Waals surface area contributed by atoms with Gasteiger partial charge in [-0.1, -0.05) is 188 Å². The third-order valence-corrected chi connectivity index (χ3v) is 26.1. The van der Waals surface area contributed by atoms with Crippen molar-refractivity contribution in [1.82, 2.24) is 0 Å². The van der Waals surface area contributed by atoms with Crippen molar-refractivity contribution in [3.8, 4) is 11.1 Å². The maximum absolute atomic E-state index is 3.01. The second kappa shape index (κ2) is 19.4. The van der Waals surface area contributed by atoms with Gasteiger partial charge >= 0.3 is 0 Å². The molecule has 0 N–H and O–H groups in total. The number of hydrogen-bond acceptors (Lipinski definition) is 0. The largest absolute Gasteiger partial charge is 0.0882 e. The van der Waals surface area contributed by atoms with Crippen LogP contribution in [0.15, 0.2) is 204 Å². The lowest BCUT2D eigenvalue weighted by Gasteiger charge is -2.61. The number of hydrogen-bond donors (Lipinski definition) is 0. The van der Waals surface area contributed by atoms with Gasteiger partial charge in [-0.15, -0.1) is 0 Å². The van der Waals surface area contributed by atoms with Crippen LogP contribution in [0.4, 0.5) is 0 Å². The zero-order chi connectivity index (χ0) is 51.0. The molecule has 0 heterocycles. The summed E-state index contributed by atoms with van der Waals surface area (Å²) in [4.78, 5) is 0. The van der Waals surface area contributed by atoms with Gasteiger partial charge in [0.2, 0.25) is 0 Å². The zero-order valence-electron chi connectivity index (χ0n) is 46.5. The predicted molar refractivity (Wildman–Crippen MR) is 322 cm³/mol. The van der Waals surface area contributed by atoms with Crippen LogP contribution in [-0.4, -0.2) is 0 Å². The van der Waals surface area contributed by atoms with Crippen molar-refractivity contribution in [3.63, 3.8) is 0 Å². The standard InChI is InChI=1S/C78H86/c1-5-22-47(23-6-1)53-31-15-18-35-58(53)74-68-46-66-57-34-17-16-33-56(57)59-38-21-39-63(72(59)66)75(68)71(50-28-11-4-12-29-50)78-67-45-51-30-13-14-32-54(51)73-55(42-43-64(76(67)73)77(74)78)52-40-41-62-65(44-52)70(49-26-9-3-10-27-49)61-37-20-19-36-60(61)69(62)48-24-7-2-8-25-48/h1-12,14-16,18-19,22-24,26,28-29,31-33,35-36,44,48-49,51,54-57,59,61,63-64,66-68,70-78H,13,17,20-21,25,27,30,34,37-43,45-46H2. The maximum Gasteiger partial charge on any atom is 0.00613 e. The van der Waals surface area contributed by atoms with Crippen LogP contribution in [0.2, 0.25) is 0 Å². The summed E-state index contributed by atoms with van der Waals surface area (Å²) in [6.45, 7) is 0. The Morgan fingerprint density at radius 3 is 2.05 bits per heavy atom. The summed E-state index contributed by atoms with van der Waals surface area (Å²) in [5, 5.41) is 0. The summed E-state index contributed by atoms with van der Waals surface area (Å²) in [5.74, 6) is 17.3. The van der Waals surface area contributed by atoms with E-state index in [2.05, 4.69) is 176 Å². The van der Waals surface area contributed by atoms with Gasteiger partial charge in [-0.3, -0.25) is 0 Å². The van der Waals surface area contributed by atoms with Crippen LogP contribution >= 0.6 is 0 Å². The van der Waals surface area contributed by atoms with E-state index >= 15 is 0 Å². The molecule has 14 aliphatic rings. The number of rotatable bonds is 6. The fraction of sp³-hybridized carbons (Fsp3) is 0.513. The van der Waals surface area contributed by atoms with E-state index in [-0.39, 0.29) is 0 Å². The normalized spacial score (nSPS) is 44.8. The van der Waals surface area contributed by atoms with Crippen LogP contribution in [0.25, 0.3) is 11.1 Å². The maximum atomic E-state index is 3.01. The SMILES string of the molecule is C1=CCC(C2=C3C=CCCC3C(C3C=CC=CC3)C3=C2CCC(C2CCC4C5C(CC6CCC=CC6C25)C2C(c5ccccc5)C5C(CC6C7CCC=CC7C7CCCC5C76)C(c5ccccc5-c5ccccc5)C42)=C3)C=C1. The van der Waals surface area contributed by atoms with E-state index in [9.17, 15) is 0 Å². The first kappa shape index (κ1) is 47.8. The van der Waals surface area contributed by atoms with E-state index in [1.54, 1.807) is 39.0 Å². The second-order valence-corrected chi connectivity index (χ2v) is 28.5. The first-order valence-electron chi connectivity index (χ1n) is 32.8. The molecule has 0 nitrogen and oxygen atoms in total. The van der Waals surface area contributed by atoms with Crippen LogP contribution < -0.4 is 0 Å². The van der Waals surface area contributed by atoms with Gasteiger partial charge in [-0.25, -0.2) is 0 Å². The Balaban J connectivity index is 0.839. The van der Waals surface area contributed by atoms with Crippen LogP contribution in [0.3, 0.4) is 0 Å². The molecule has 0 amide bonds. The monoisotopic (exact) mass is 1020 g/mol. The van der Waals surface area contributed by atoms with Crippen LogP contribution in [-0.2, 0) is 0 Å². The molecule has 0 saturated heterocycles. The first-order chi connectivity index (χ1) is 38.8. The number of fused-ring (bicyclic) bond motifs is 11. The van der Waals surface area contributed by atoms with Gasteiger partial charge in [-0.05, 0) is 277 Å². The minimum atomic E-state index is 0.503. The molecular formula is C78H86. The lowest BCUT2D eigenvalue weighted by molar-refractivity contribution is -0.0863. The molecule has 7 saturated carbocycles. The third kappa shape index (κ3) is 7.27. The molecule has 3 aromatic rings. The van der Waals surface area contributed by atoms with Crippen LogP contribution in [0, 0.1) is 124 Å². The molecule has 0 aliphatic heterocycles. The molecule has 0 aromatic heterocycles. The molecule has 0 radical (unpaired) electrons. The quantitative estimate of drug-likeness (QED) is 0.216. The van der Waals surface area contributed by atoms with Crippen molar-refractivity contribution in [2.75, 3.05) is 0 Å². The average molecular weight is 1020 g/mol. The van der Waals surface area contributed by atoms with Gasteiger partial charge < -0.3 is 0 Å². The number of allylic oxidation sites excluding steroid dienone is 20. The minimum absolute atomic E-state index is 0.503. The highest BCUT2D eigenvalue weighted by molar-refractivity contribution is 5.68. The molecule has 0 bridgehead atoms. The van der Waals surface area contributed by atoms with E-state index in [4.69, 9.17) is 0 Å². The summed E-state index contributed by atoms with van der Waals surface area (Å²) in [5.41, 5.74) is 15.4. The highest BCUT2D eigenvalue weighted by Crippen LogP contribution is 2.78. The fourth-order valence-corrected chi connectivity index (χ4v) is 24.3. The molecule has 7 fully saturated rings.